The Morgan fingerprint density at radius 2 is 2.38 bits per heavy atom. The quantitative estimate of drug-likeness (QED) is 0.605. The van der Waals surface area contributed by atoms with Gasteiger partial charge in [-0.05, 0) is 0 Å². The molecule has 0 amide bonds. The molecule has 0 atom stereocenters. The summed E-state index contributed by atoms with van der Waals surface area (Å²) >= 11 is 0. The molecule has 13 heavy (non-hydrogen) atoms. The predicted octanol–water partition coefficient (Wildman–Crippen LogP) is -0.595. The highest BCUT2D eigenvalue weighted by molar-refractivity contribution is 5.83. The third kappa shape index (κ3) is 1.15. The molecule has 0 saturated heterocycles. The van der Waals surface area contributed by atoms with Gasteiger partial charge in [-0.2, -0.15) is 4.98 Å². The summed E-state index contributed by atoms with van der Waals surface area (Å²) in [6, 6.07) is 0. The summed E-state index contributed by atoms with van der Waals surface area (Å²) in [6.07, 6.45) is 2.83. The van der Waals surface area contributed by atoms with Gasteiger partial charge >= 0.3 is 5.97 Å². The van der Waals surface area contributed by atoms with Crippen molar-refractivity contribution in [3.63, 3.8) is 0 Å². The average Bonchev–Trinajstić information content (AvgIpc) is 2.46. The van der Waals surface area contributed by atoms with Gasteiger partial charge in [0.2, 0.25) is 0 Å². The van der Waals surface area contributed by atoms with Gasteiger partial charge in [-0.25, -0.2) is 14.3 Å². The molecule has 0 aromatic carbocycles. The minimum absolute atomic E-state index is 0.214. The van der Waals surface area contributed by atoms with E-state index in [0.29, 0.717) is 5.69 Å². The third-order valence-electron chi connectivity index (χ3n) is 1.41. The van der Waals surface area contributed by atoms with Gasteiger partial charge in [-0.1, -0.05) is 0 Å². The SMILES string of the molecule is Nc1cnc2nc(C(=O)O)nn2c1. The maximum absolute atomic E-state index is 10.5. The molecule has 7 nitrogen and oxygen atoms in total. The van der Waals surface area contributed by atoms with E-state index in [1.807, 2.05) is 0 Å². The van der Waals surface area contributed by atoms with Crippen LogP contribution >= 0.6 is 0 Å². The number of carboxylic acid groups (broad SMARTS) is 1. The normalized spacial score (nSPS) is 10.5. The molecule has 2 rings (SSSR count). The molecule has 0 aliphatic rings. The van der Waals surface area contributed by atoms with Crippen molar-refractivity contribution >= 4 is 17.4 Å². The summed E-state index contributed by atoms with van der Waals surface area (Å²) in [6.45, 7) is 0. The topological polar surface area (TPSA) is 106 Å². The van der Waals surface area contributed by atoms with Gasteiger partial charge in [0.25, 0.3) is 11.6 Å². The molecule has 3 N–H and O–H groups in total. The maximum Gasteiger partial charge on any atom is 0.375 e. The number of hydrogen-bond donors (Lipinski definition) is 2. The van der Waals surface area contributed by atoms with Crippen LogP contribution in [0.25, 0.3) is 5.78 Å². The highest BCUT2D eigenvalue weighted by Gasteiger charge is 2.10. The Hall–Kier alpha value is -2.18. The van der Waals surface area contributed by atoms with Crippen molar-refractivity contribution in [1.29, 1.82) is 0 Å². The lowest BCUT2D eigenvalue weighted by molar-refractivity contribution is 0.0684. The van der Waals surface area contributed by atoms with Crippen LogP contribution in [-0.4, -0.2) is 30.7 Å². The number of rotatable bonds is 1. The standard InChI is InChI=1S/C6H5N5O2/c7-3-1-8-6-9-4(5(12)13)10-11(6)2-3/h1-2H,7H2,(H,12,13). The Bertz CT molecular complexity index is 477. The Morgan fingerprint density at radius 1 is 1.62 bits per heavy atom. The van der Waals surface area contributed by atoms with E-state index in [9.17, 15) is 4.79 Å². The number of aromatic carboxylic acids is 1. The van der Waals surface area contributed by atoms with Crippen molar-refractivity contribution in [2.24, 2.45) is 0 Å². The lowest BCUT2D eigenvalue weighted by Crippen LogP contribution is -1.99. The maximum atomic E-state index is 10.5. The number of nitrogen functional groups attached to an aromatic ring is 1. The van der Waals surface area contributed by atoms with Gasteiger partial charge in [-0.3, -0.25) is 0 Å². The van der Waals surface area contributed by atoms with E-state index >= 15 is 0 Å². The van der Waals surface area contributed by atoms with Crippen LogP contribution < -0.4 is 5.73 Å². The van der Waals surface area contributed by atoms with Crippen LogP contribution in [0.2, 0.25) is 0 Å². The van der Waals surface area contributed by atoms with Crippen LogP contribution in [-0.2, 0) is 0 Å². The lowest BCUT2D eigenvalue weighted by atomic mass is 10.6. The summed E-state index contributed by atoms with van der Waals surface area (Å²) in [7, 11) is 0. The second kappa shape index (κ2) is 2.41. The number of nitrogens with two attached hydrogens (primary N) is 1. The number of hydrogen-bond acceptors (Lipinski definition) is 5. The first-order valence-corrected chi connectivity index (χ1v) is 3.38. The van der Waals surface area contributed by atoms with Crippen molar-refractivity contribution in [3.05, 3.63) is 18.2 Å². The van der Waals surface area contributed by atoms with Crippen LogP contribution in [0.15, 0.2) is 12.4 Å². The predicted molar refractivity (Wildman–Crippen MR) is 42.2 cm³/mol. The van der Waals surface area contributed by atoms with Crippen molar-refractivity contribution in [2.75, 3.05) is 5.73 Å². The first-order chi connectivity index (χ1) is 6.16. The second-order valence-electron chi connectivity index (χ2n) is 2.37. The van der Waals surface area contributed by atoms with E-state index < -0.39 is 5.97 Å². The Morgan fingerprint density at radius 3 is 3.08 bits per heavy atom. The van der Waals surface area contributed by atoms with Gasteiger partial charge in [-0.15, -0.1) is 5.10 Å². The highest BCUT2D eigenvalue weighted by atomic mass is 16.4. The first kappa shape index (κ1) is 7.47. The Kier molecular flexibility index (Phi) is 1.38. The number of carbonyl (C=O) groups is 1. The molecule has 0 bridgehead atoms. The van der Waals surface area contributed by atoms with Crippen LogP contribution in [0.3, 0.4) is 0 Å². The molecule has 0 aliphatic carbocycles. The number of anilines is 1. The molecule has 2 heterocycles. The molecular weight excluding hydrogens is 174 g/mol. The molecule has 2 aromatic rings. The number of fused-ring (bicyclic) bond motifs is 1. The van der Waals surface area contributed by atoms with Gasteiger partial charge < -0.3 is 10.8 Å². The minimum atomic E-state index is -1.19. The van der Waals surface area contributed by atoms with E-state index in [4.69, 9.17) is 10.8 Å². The van der Waals surface area contributed by atoms with Crippen molar-refractivity contribution in [1.82, 2.24) is 19.6 Å². The van der Waals surface area contributed by atoms with Gasteiger partial charge in [0.15, 0.2) is 0 Å². The Balaban J connectivity index is 2.68. The largest absolute Gasteiger partial charge is 0.475 e. The zero-order valence-electron chi connectivity index (χ0n) is 6.38. The number of nitrogens with zero attached hydrogens (tertiary/aromatic N) is 4. The van der Waals surface area contributed by atoms with Crippen LogP contribution in [0.1, 0.15) is 10.6 Å². The molecule has 0 spiro atoms. The molecule has 0 radical (unpaired) electrons. The molecular formula is C6H5N5O2. The smallest absolute Gasteiger partial charge is 0.375 e. The van der Waals surface area contributed by atoms with Gasteiger partial charge in [0.1, 0.15) is 0 Å². The Labute approximate surface area is 71.8 Å². The summed E-state index contributed by atoms with van der Waals surface area (Å²) in [5.41, 5.74) is 5.81. The summed E-state index contributed by atoms with van der Waals surface area (Å²) in [5, 5.41) is 12.2. The minimum Gasteiger partial charge on any atom is -0.475 e. The van der Waals surface area contributed by atoms with Gasteiger partial charge in [0, 0.05) is 0 Å². The first-order valence-electron chi connectivity index (χ1n) is 3.38. The van der Waals surface area contributed by atoms with E-state index in [-0.39, 0.29) is 11.6 Å². The number of aromatic nitrogens is 4. The molecule has 0 aliphatic heterocycles. The molecule has 0 fully saturated rings. The highest BCUT2D eigenvalue weighted by Crippen LogP contribution is 2.01. The third-order valence-corrected chi connectivity index (χ3v) is 1.41. The fourth-order valence-corrected chi connectivity index (χ4v) is 0.887. The van der Waals surface area contributed by atoms with Crippen molar-refractivity contribution < 1.29 is 9.90 Å². The molecule has 7 heteroatoms. The number of carboxylic acids is 1. The van der Waals surface area contributed by atoms with Crippen LogP contribution in [0.4, 0.5) is 5.69 Å². The van der Waals surface area contributed by atoms with Crippen molar-refractivity contribution in [3.8, 4) is 0 Å². The fraction of sp³-hybridized carbons (Fsp3) is 0. The lowest BCUT2D eigenvalue weighted by Gasteiger charge is -1.90. The van der Waals surface area contributed by atoms with Gasteiger partial charge in [0.05, 0.1) is 18.1 Å². The fourth-order valence-electron chi connectivity index (χ4n) is 0.887. The van der Waals surface area contributed by atoms with E-state index in [1.165, 1.54) is 16.9 Å². The molecule has 0 unspecified atom stereocenters. The zero-order chi connectivity index (χ0) is 9.42. The monoisotopic (exact) mass is 179 g/mol. The van der Waals surface area contributed by atoms with E-state index in [0.717, 1.165) is 0 Å². The molecule has 66 valence electrons. The molecule has 0 saturated carbocycles. The average molecular weight is 179 g/mol. The second-order valence-corrected chi connectivity index (χ2v) is 2.37. The van der Waals surface area contributed by atoms with Crippen LogP contribution in [0, 0.1) is 0 Å². The zero-order valence-corrected chi connectivity index (χ0v) is 6.38. The summed E-state index contributed by atoms with van der Waals surface area (Å²) < 4.78 is 1.22. The van der Waals surface area contributed by atoms with E-state index in [1.54, 1.807) is 0 Å². The van der Waals surface area contributed by atoms with Crippen LogP contribution in [0.5, 0.6) is 0 Å². The van der Waals surface area contributed by atoms with E-state index in [2.05, 4.69) is 15.1 Å². The molecule has 2 aromatic heterocycles. The summed E-state index contributed by atoms with van der Waals surface area (Å²) in [5.74, 6) is -1.27. The summed E-state index contributed by atoms with van der Waals surface area (Å²) in [4.78, 5) is 17.9. The van der Waals surface area contributed by atoms with Crippen molar-refractivity contribution in [2.45, 2.75) is 0 Å².